The second-order valence-electron chi connectivity index (χ2n) is 7.58. The minimum absolute atomic E-state index is 0.0174. The number of benzene rings is 2. The Labute approximate surface area is 183 Å². The summed E-state index contributed by atoms with van der Waals surface area (Å²) >= 11 is 0. The van der Waals surface area contributed by atoms with E-state index < -0.39 is 30.1 Å². The molecule has 0 saturated carbocycles. The van der Waals surface area contributed by atoms with E-state index in [4.69, 9.17) is 9.84 Å². The van der Waals surface area contributed by atoms with Crippen LogP contribution in [0.15, 0.2) is 48.5 Å². The van der Waals surface area contributed by atoms with Crippen LogP contribution in [0.3, 0.4) is 0 Å². The number of carboxylic acids is 1. The molecule has 1 aliphatic rings. The lowest BCUT2D eigenvalue weighted by Crippen LogP contribution is -2.49. The van der Waals surface area contributed by atoms with E-state index in [0.29, 0.717) is 18.4 Å². The van der Waals surface area contributed by atoms with E-state index in [2.05, 4.69) is 4.74 Å². The number of aliphatic carboxylic acids is 1. The molecule has 6 nitrogen and oxygen atoms in total. The first-order valence-corrected chi connectivity index (χ1v) is 10.3. The lowest BCUT2D eigenvalue weighted by atomic mass is 9.84. The van der Waals surface area contributed by atoms with Crippen molar-refractivity contribution in [1.29, 1.82) is 0 Å². The van der Waals surface area contributed by atoms with Gasteiger partial charge in [0, 0.05) is 25.8 Å². The van der Waals surface area contributed by atoms with Crippen molar-refractivity contribution >= 4 is 12.1 Å². The van der Waals surface area contributed by atoms with Crippen LogP contribution in [0.4, 0.5) is 18.0 Å². The molecule has 0 spiro atoms. The molecule has 1 aliphatic heterocycles. The van der Waals surface area contributed by atoms with E-state index in [1.807, 2.05) is 6.92 Å². The molecule has 1 fully saturated rings. The highest BCUT2D eigenvalue weighted by atomic mass is 19.3. The van der Waals surface area contributed by atoms with Crippen molar-refractivity contribution in [1.82, 2.24) is 4.90 Å². The number of alkyl halides is 2. The SMILES string of the molecule is CC[C@@H](c1ccc(OC(F)F)cc1)N1CC[C@](CCC(=O)O)(c2ccc(F)cc2)OC1=O. The third-order valence-corrected chi connectivity index (χ3v) is 5.64. The Morgan fingerprint density at radius 2 is 1.84 bits per heavy atom. The van der Waals surface area contributed by atoms with E-state index in [1.54, 1.807) is 12.1 Å². The molecule has 1 saturated heterocycles. The quantitative estimate of drug-likeness (QED) is 0.546. The minimum atomic E-state index is -2.93. The van der Waals surface area contributed by atoms with Crippen LogP contribution in [0, 0.1) is 5.82 Å². The van der Waals surface area contributed by atoms with E-state index in [0.717, 1.165) is 5.56 Å². The van der Waals surface area contributed by atoms with Gasteiger partial charge in [-0.2, -0.15) is 8.78 Å². The first kappa shape index (κ1) is 23.4. The fourth-order valence-corrected chi connectivity index (χ4v) is 4.05. The van der Waals surface area contributed by atoms with Gasteiger partial charge in [-0.1, -0.05) is 31.2 Å². The number of amides is 1. The number of nitrogens with zero attached hydrogens (tertiary/aromatic N) is 1. The van der Waals surface area contributed by atoms with Crippen molar-refractivity contribution in [3.8, 4) is 5.75 Å². The van der Waals surface area contributed by atoms with Gasteiger partial charge in [-0.25, -0.2) is 9.18 Å². The summed E-state index contributed by atoms with van der Waals surface area (Å²) in [7, 11) is 0. The number of carbonyl (C=O) groups is 2. The Kier molecular flexibility index (Phi) is 7.27. The Bertz CT molecular complexity index is 936. The summed E-state index contributed by atoms with van der Waals surface area (Å²) < 4.78 is 48.4. The molecule has 1 N–H and O–H groups in total. The van der Waals surface area contributed by atoms with Crippen LogP contribution in [0.1, 0.15) is 49.8 Å². The molecule has 3 rings (SSSR count). The maximum Gasteiger partial charge on any atom is 0.411 e. The number of halogens is 3. The molecule has 9 heteroatoms. The van der Waals surface area contributed by atoms with E-state index in [9.17, 15) is 22.8 Å². The predicted octanol–water partition coefficient (Wildman–Crippen LogP) is 5.48. The summed E-state index contributed by atoms with van der Waals surface area (Å²) in [5, 5.41) is 9.15. The third kappa shape index (κ3) is 5.33. The van der Waals surface area contributed by atoms with Gasteiger partial charge in [0.2, 0.25) is 0 Å². The minimum Gasteiger partial charge on any atom is -0.481 e. The molecule has 1 amide bonds. The van der Waals surface area contributed by atoms with Crippen LogP contribution in [-0.4, -0.2) is 35.2 Å². The normalized spacial score (nSPS) is 19.5. The molecular formula is C23H24F3NO5. The maximum absolute atomic E-state index is 13.4. The van der Waals surface area contributed by atoms with Crippen LogP contribution in [0.25, 0.3) is 0 Å². The number of carboxylic acid groups (broad SMARTS) is 1. The van der Waals surface area contributed by atoms with Crippen LogP contribution >= 0.6 is 0 Å². The van der Waals surface area contributed by atoms with Crippen LogP contribution in [0.2, 0.25) is 0 Å². The zero-order chi connectivity index (χ0) is 23.3. The lowest BCUT2D eigenvalue weighted by molar-refractivity contribution is -0.139. The van der Waals surface area contributed by atoms with Gasteiger partial charge in [-0.15, -0.1) is 0 Å². The number of rotatable bonds is 9. The standard InChI is InChI=1S/C23H24F3NO5/c1-2-19(15-3-9-18(10-4-15)31-21(25)26)27-14-13-23(32-22(27)30,12-11-20(28)29)16-5-7-17(24)8-6-16/h3-10,19,21H,2,11-14H2,1H3,(H,28,29)/t19-,23+/m0/s1. The van der Waals surface area contributed by atoms with Crippen molar-refractivity contribution in [2.24, 2.45) is 0 Å². The summed E-state index contributed by atoms with van der Waals surface area (Å²) in [6.07, 6.45) is 0.0896. The predicted molar refractivity (Wildman–Crippen MR) is 109 cm³/mol. The molecule has 2 aromatic carbocycles. The third-order valence-electron chi connectivity index (χ3n) is 5.64. The fraction of sp³-hybridized carbons (Fsp3) is 0.391. The van der Waals surface area contributed by atoms with Crippen LogP contribution < -0.4 is 4.74 Å². The highest BCUT2D eigenvalue weighted by Gasteiger charge is 2.44. The molecule has 172 valence electrons. The van der Waals surface area contributed by atoms with E-state index >= 15 is 0 Å². The van der Waals surface area contributed by atoms with E-state index in [-0.39, 0.29) is 31.2 Å². The average Bonchev–Trinajstić information content (AvgIpc) is 2.75. The monoisotopic (exact) mass is 451 g/mol. The summed E-state index contributed by atoms with van der Waals surface area (Å²) in [6, 6.07) is 11.2. The molecule has 0 radical (unpaired) electrons. The fourth-order valence-electron chi connectivity index (χ4n) is 4.05. The first-order chi connectivity index (χ1) is 15.2. The highest BCUT2D eigenvalue weighted by Crippen LogP contribution is 2.41. The van der Waals surface area contributed by atoms with Crippen LogP contribution in [0.5, 0.6) is 5.75 Å². The molecule has 1 heterocycles. The number of hydrogen-bond acceptors (Lipinski definition) is 4. The Morgan fingerprint density at radius 1 is 1.19 bits per heavy atom. The molecule has 0 aliphatic carbocycles. The van der Waals surface area contributed by atoms with Gasteiger partial charge in [0.15, 0.2) is 0 Å². The second kappa shape index (κ2) is 9.93. The largest absolute Gasteiger partial charge is 0.481 e. The average molecular weight is 451 g/mol. The lowest BCUT2D eigenvalue weighted by Gasteiger charge is -2.44. The number of hydrogen-bond donors (Lipinski definition) is 1. The van der Waals surface area contributed by atoms with Gasteiger partial charge in [0.25, 0.3) is 0 Å². The van der Waals surface area contributed by atoms with Gasteiger partial charge in [0.1, 0.15) is 17.2 Å². The van der Waals surface area contributed by atoms with Gasteiger partial charge in [-0.05, 0) is 41.8 Å². The molecule has 0 aromatic heterocycles. The Morgan fingerprint density at radius 3 is 2.38 bits per heavy atom. The molecule has 32 heavy (non-hydrogen) atoms. The molecule has 0 bridgehead atoms. The van der Waals surface area contributed by atoms with Gasteiger partial charge >= 0.3 is 18.7 Å². The summed E-state index contributed by atoms with van der Waals surface area (Å²) in [5.74, 6) is -1.46. The molecule has 2 atom stereocenters. The zero-order valence-electron chi connectivity index (χ0n) is 17.5. The van der Waals surface area contributed by atoms with Crippen molar-refractivity contribution in [2.75, 3.05) is 6.54 Å². The first-order valence-electron chi connectivity index (χ1n) is 10.3. The Hall–Kier alpha value is -3.23. The smallest absolute Gasteiger partial charge is 0.411 e. The highest BCUT2D eigenvalue weighted by molar-refractivity contribution is 5.71. The molecule has 2 aromatic rings. The molecule has 0 unspecified atom stereocenters. The molecular weight excluding hydrogens is 427 g/mol. The number of cyclic esters (lactones) is 1. The summed E-state index contributed by atoms with van der Waals surface area (Å²) in [5.41, 5.74) is 0.0907. The zero-order valence-corrected chi connectivity index (χ0v) is 17.5. The number of carbonyl (C=O) groups excluding carboxylic acids is 1. The van der Waals surface area contributed by atoms with Crippen molar-refractivity contribution in [3.05, 3.63) is 65.5 Å². The van der Waals surface area contributed by atoms with Gasteiger partial charge in [-0.3, -0.25) is 4.79 Å². The Balaban J connectivity index is 1.82. The van der Waals surface area contributed by atoms with Crippen molar-refractivity contribution < 1.29 is 37.3 Å². The van der Waals surface area contributed by atoms with Crippen molar-refractivity contribution in [2.45, 2.75) is 50.9 Å². The van der Waals surface area contributed by atoms with E-state index in [1.165, 1.54) is 41.3 Å². The topological polar surface area (TPSA) is 76.1 Å². The summed E-state index contributed by atoms with van der Waals surface area (Å²) in [4.78, 5) is 25.8. The maximum atomic E-state index is 13.4. The van der Waals surface area contributed by atoms with Crippen molar-refractivity contribution in [3.63, 3.8) is 0 Å². The number of ether oxygens (including phenoxy) is 2. The van der Waals surface area contributed by atoms with Crippen LogP contribution in [-0.2, 0) is 15.1 Å². The second-order valence-corrected chi connectivity index (χ2v) is 7.58. The van der Waals surface area contributed by atoms with Gasteiger partial charge in [0.05, 0.1) is 6.04 Å². The summed E-state index contributed by atoms with van der Waals surface area (Å²) in [6.45, 7) is -0.762. The van der Waals surface area contributed by atoms with Gasteiger partial charge < -0.3 is 19.5 Å².